The van der Waals surface area contributed by atoms with Crippen LogP contribution in [0.15, 0.2) is 24.3 Å². The molecule has 0 amide bonds. The fourth-order valence-electron chi connectivity index (χ4n) is 1.49. The molecule has 0 aromatic heterocycles. The standard InChI is InChI=1S/C10H15NO3S/c1-8(7-15(11,13)14)6-9-2-4-10(12)5-3-9/h2-5,8,12H,6-7H2,1H3,(H2,11,13,14). The number of rotatable bonds is 4. The van der Waals surface area contributed by atoms with E-state index in [1.54, 1.807) is 24.3 Å². The highest BCUT2D eigenvalue weighted by Gasteiger charge is 2.11. The third-order valence-electron chi connectivity index (χ3n) is 2.04. The molecule has 1 rings (SSSR count). The molecule has 0 spiro atoms. The van der Waals surface area contributed by atoms with Gasteiger partial charge in [0.15, 0.2) is 0 Å². The van der Waals surface area contributed by atoms with Crippen LogP contribution >= 0.6 is 0 Å². The van der Waals surface area contributed by atoms with E-state index >= 15 is 0 Å². The van der Waals surface area contributed by atoms with Crippen LogP contribution < -0.4 is 5.14 Å². The van der Waals surface area contributed by atoms with Crippen LogP contribution in [-0.2, 0) is 16.4 Å². The largest absolute Gasteiger partial charge is 0.508 e. The van der Waals surface area contributed by atoms with Gasteiger partial charge in [0.1, 0.15) is 5.75 Å². The molecule has 4 nitrogen and oxygen atoms in total. The zero-order chi connectivity index (χ0) is 11.5. The molecule has 0 aliphatic heterocycles. The summed E-state index contributed by atoms with van der Waals surface area (Å²) in [6, 6.07) is 6.71. The van der Waals surface area contributed by atoms with Gasteiger partial charge in [-0.2, -0.15) is 0 Å². The average molecular weight is 229 g/mol. The van der Waals surface area contributed by atoms with Gasteiger partial charge in [0.2, 0.25) is 10.0 Å². The number of nitrogens with two attached hydrogens (primary N) is 1. The number of benzene rings is 1. The molecule has 3 N–H and O–H groups in total. The Balaban J connectivity index is 2.59. The van der Waals surface area contributed by atoms with Crippen LogP contribution in [0.2, 0.25) is 0 Å². The summed E-state index contributed by atoms with van der Waals surface area (Å²) in [7, 11) is -3.40. The van der Waals surface area contributed by atoms with E-state index in [9.17, 15) is 8.42 Å². The van der Waals surface area contributed by atoms with E-state index in [-0.39, 0.29) is 17.4 Å². The van der Waals surface area contributed by atoms with Gasteiger partial charge in [-0.15, -0.1) is 0 Å². The molecule has 0 saturated carbocycles. The van der Waals surface area contributed by atoms with Crippen molar-refractivity contribution in [2.45, 2.75) is 13.3 Å². The maximum Gasteiger partial charge on any atom is 0.209 e. The first-order valence-electron chi connectivity index (χ1n) is 4.65. The Morgan fingerprint density at radius 3 is 2.33 bits per heavy atom. The SMILES string of the molecule is CC(Cc1ccc(O)cc1)CS(N)(=O)=O. The number of hydrogen-bond donors (Lipinski definition) is 2. The molecule has 5 heteroatoms. The van der Waals surface area contributed by atoms with E-state index < -0.39 is 10.0 Å². The molecule has 84 valence electrons. The van der Waals surface area contributed by atoms with Gasteiger partial charge in [-0.05, 0) is 30.0 Å². The molecule has 1 atom stereocenters. The number of hydrogen-bond acceptors (Lipinski definition) is 3. The Morgan fingerprint density at radius 2 is 1.87 bits per heavy atom. The molecule has 1 aromatic rings. The maximum atomic E-state index is 10.8. The number of phenolic OH excluding ortho intramolecular Hbond substituents is 1. The first kappa shape index (κ1) is 12.0. The summed E-state index contributed by atoms with van der Waals surface area (Å²) in [6.07, 6.45) is 0.636. The summed E-state index contributed by atoms with van der Waals surface area (Å²) in [6.45, 7) is 1.83. The monoisotopic (exact) mass is 229 g/mol. The van der Waals surface area contributed by atoms with E-state index in [2.05, 4.69) is 0 Å². The van der Waals surface area contributed by atoms with Gasteiger partial charge in [0.25, 0.3) is 0 Å². The predicted octanol–water partition coefficient (Wildman–Crippen LogP) is 0.859. The first-order chi connectivity index (χ1) is 6.87. The Bertz CT molecular complexity index is 411. The minimum absolute atomic E-state index is 0.0200. The normalized spacial score (nSPS) is 13.7. The smallest absolute Gasteiger partial charge is 0.209 e. The molecular weight excluding hydrogens is 214 g/mol. The second kappa shape index (κ2) is 4.63. The molecule has 0 fully saturated rings. The van der Waals surface area contributed by atoms with Crippen molar-refractivity contribution in [3.8, 4) is 5.75 Å². The molecule has 1 aromatic carbocycles. The van der Waals surface area contributed by atoms with Crippen LogP contribution in [0.4, 0.5) is 0 Å². The van der Waals surface area contributed by atoms with Crippen molar-refractivity contribution in [1.29, 1.82) is 0 Å². The fourth-order valence-corrected chi connectivity index (χ4v) is 2.40. The van der Waals surface area contributed by atoms with Gasteiger partial charge in [-0.25, -0.2) is 13.6 Å². The van der Waals surface area contributed by atoms with Gasteiger partial charge < -0.3 is 5.11 Å². The minimum atomic E-state index is -3.40. The van der Waals surface area contributed by atoms with E-state index in [1.807, 2.05) is 6.92 Å². The van der Waals surface area contributed by atoms with Crippen LogP contribution in [0.25, 0.3) is 0 Å². The van der Waals surface area contributed by atoms with Gasteiger partial charge in [0.05, 0.1) is 5.75 Å². The van der Waals surface area contributed by atoms with Crippen LogP contribution in [0.1, 0.15) is 12.5 Å². The zero-order valence-corrected chi connectivity index (χ0v) is 9.37. The first-order valence-corrected chi connectivity index (χ1v) is 6.37. The second-order valence-electron chi connectivity index (χ2n) is 3.81. The quantitative estimate of drug-likeness (QED) is 0.803. The van der Waals surface area contributed by atoms with Crippen molar-refractivity contribution in [1.82, 2.24) is 0 Å². The van der Waals surface area contributed by atoms with E-state index in [4.69, 9.17) is 10.2 Å². The molecule has 0 aliphatic rings. The van der Waals surface area contributed by atoms with E-state index in [1.165, 1.54) is 0 Å². The molecule has 0 bridgehead atoms. The summed E-state index contributed by atoms with van der Waals surface area (Å²) < 4.78 is 21.6. The van der Waals surface area contributed by atoms with E-state index in [0.717, 1.165) is 5.56 Å². The van der Waals surface area contributed by atoms with Gasteiger partial charge in [0, 0.05) is 0 Å². The molecular formula is C10H15NO3S. The fraction of sp³-hybridized carbons (Fsp3) is 0.400. The Kier molecular flexibility index (Phi) is 3.71. The van der Waals surface area contributed by atoms with Crippen molar-refractivity contribution < 1.29 is 13.5 Å². The zero-order valence-electron chi connectivity index (χ0n) is 8.55. The summed E-state index contributed by atoms with van der Waals surface area (Å²) in [5, 5.41) is 14.0. The molecule has 0 aliphatic carbocycles. The van der Waals surface area contributed by atoms with Crippen LogP contribution in [-0.4, -0.2) is 19.3 Å². The maximum absolute atomic E-state index is 10.8. The molecule has 0 heterocycles. The topological polar surface area (TPSA) is 80.4 Å². The average Bonchev–Trinajstić information content (AvgIpc) is 2.05. The van der Waals surface area contributed by atoms with Crippen LogP contribution in [0.5, 0.6) is 5.75 Å². The second-order valence-corrected chi connectivity index (χ2v) is 5.46. The minimum Gasteiger partial charge on any atom is -0.508 e. The number of primary sulfonamides is 1. The highest BCUT2D eigenvalue weighted by atomic mass is 32.2. The molecule has 0 saturated heterocycles. The van der Waals surface area contributed by atoms with Crippen molar-refractivity contribution in [2.24, 2.45) is 11.1 Å². The number of aromatic hydroxyl groups is 1. The predicted molar refractivity (Wildman–Crippen MR) is 58.9 cm³/mol. The van der Waals surface area contributed by atoms with Crippen LogP contribution in [0, 0.1) is 5.92 Å². The lowest BCUT2D eigenvalue weighted by atomic mass is 10.0. The van der Waals surface area contributed by atoms with Crippen molar-refractivity contribution in [3.05, 3.63) is 29.8 Å². The van der Waals surface area contributed by atoms with Crippen molar-refractivity contribution in [3.63, 3.8) is 0 Å². The number of phenols is 1. The van der Waals surface area contributed by atoms with Crippen molar-refractivity contribution in [2.75, 3.05) is 5.75 Å². The Hall–Kier alpha value is -1.07. The lowest BCUT2D eigenvalue weighted by Crippen LogP contribution is -2.22. The third kappa shape index (κ3) is 4.80. The van der Waals surface area contributed by atoms with Crippen molar-refractivity contribution >= 4 is 10.0 Å². The third-order valence-corrected chi connectivity index (χ3v) is 3.07. The highest BCUT2D eigenvalue weighted by Crippen LogP contribution is 2.14. The Labute approximate surface area is 89.8 Å². The summed E-state index contributed by atoms with van der Waals surface area (Å²) >= 11 is 0. The van der Waals surface area contributed by atoms with E-state index in [0.29, 0.717) is 6.42 Å². The molecule has 15 heavy (non-hydrogen) atoms. The van der Waals surface area contributed by atoms with Gasteiger partial charge in [-0.1, -0.05) is 19.1 Å². The molecule has 1 unspecified atom stereocenters. The van der Waals surface area contributed by atoms with Gasteiger partial charge in [-0.3, -0.25) is 0 Å². The Morgan fingerprint density at radius 1 is 1.33 bits per heavy atom. The summed E-state index contributed by atoms with van der Waals surface area (Å²) in [5.41, 5.74) is 0.990. The number of sulfonamides is 1. The lowest BCUT2D eigenvalue weighted by molar-refractivity contribution is 0.474. The summed E-state index contributed by atoms with van der Waals surface area (Å²) in [5.74, 6) is 0.163. The molecule has 0 radical (unpaired) electrons. The lowest BCUT2D eigenvalue weighted by Gasteiger charge is -2.09. The van der Waals surface area contributed by atoms with Gasteiger partial charge >= 0.3 is 0 Å². The van der Waals surface area contributed by atoms with Crippen LogP contribution in [0.3, 0.4) is 0 Å². The highest BCUT2D eigenvalue weighted by molar-refractivity contribution is 7.89. The summed E-state index contributed by atoms with van der Waals surface area (Å²) in [4.78, 5) is 0.